The Bertz CT molecular complexity index is 485. The lowest BCUT2D eigenvalue weighted by Gasteiger charge is -2.27. The Morgan fingerprint density at radius 3 is 2.93 bits per heavy atom. The number of carbonyl (C=O) groups is 1. The number of nitrogens with one attached hydrogen (secondary N) is 1. The summed E-state index contributed by atoms with van der Waals surface area (Å²) in [6.07, 6.45) is 1.22. The van der Waals surface area contributed by atoms with Crippen LogP contribution in [0.3, 0.4) is 0 Å². The Labute approximate surface area is 87.4 Å². The highest BCUT2D eigenvalue weighted by molar-refractivity contribution is 6.12. The van der Waals surface area contributed by atoms with Crippen molar-refractivity contribution in [1.82, 2.24) is 0 Å². The third-order valence-electron chi connectivity index (χ3n) is 2.28. The van der Waals surface area contributed by atoms with Crippen LogP contribution in [0, 0.1) is 11.3 Å². The Hall–Kier alpha value is -2.28. The number of allylic oxidation sites excluding steroid dienone is 1. The number of amides is 1. The van der Waals surface area contributed by atoms with Gasteiger partial charge in [-0.2, -0.15) is 5.26 Å². The van der Waals surface area contributed by atoms with Crippen molar-refractivity contribution in [3.8, 4) is 6.07 Å². The van der Waals surface area contributed by atoms with Gasteiger partial charge in [0.25, 0.3) is 5.91 Å². The molecule has 15 heavy (non-hydrogen) atoms. The normalized spacial score (nSPS) is 16.9. The van der Waals surface area contributed by atoms with E-state index in [9.17, 15) is 4.79 Å². The molecule has 0 saturated heterocycles. The predicted molar refractivity (Wildman–Crippen MR) is 57.2 cm³/mol. The molecule has 1 heterocycles. The SMILES string of the molecule is CN1C(=O)/C(=C/C#N)Nc2ccccc21. The fourth-order valence-electron chi connectivity index (χ4n) is 1.52. The highest BCUT2D eigenvalue weighted by Crippen LogP contribution is 2.30. The van der Waals surface area contributed by atoms with E-state index in [4.69, 9.17) is 5.26 Å². The van der Waals surface area contributed by atoms with Crippen LogP contribution >= 0.6 is 0 Å². The molecule has 0 atom stereocenters. The van der Waals surface area contributed by atoms with Crippen LogP contribution in [0.1, 0.15) is 0 Å². The number of benzene rings is 1. The van der Waals surface area contributed by atoms with Gasteiger partial charge in [0.15, 0.2) is 0 Å². The van der Waals surface area contributed by atoms with Crippen molar-refractivity contribution in [3.05, 3.63) is 36.0 Å². The first kappa shape index (κ1) is 9.28. The molecule has 0 bridgehead atoms. The molecule has 0 aliphatic carbocycles. The van der Waals surface area contributed by atoms with E-state index in [2.05, 4.69) is 5.32 Å². The van der Waals surface area contributed by atoms with E-state index >= 15 is 0 Å². The maximum atomic E-state index is 11.7. The van der Waals surface area contributed by atoms with Gasteiger partial charge >= 0.3 is 0 Å². The van der Waals surface area contributed by atoms with Crippen molar-refractivity contribution in [2.45, 2.75) is 0 Å². The van der Waals surface area contributed by atoms with Crippen LogP contribution in [0.25, 0.3) is 0 Å². The van der Waals surface area contributed by atoms with Crippen LogP contribution in [0.2, 0.25) is 0 Å². The van der Waals surface area contributed by atoms with Crippen LogP contribution in [0.15, 0.2) is 36.0 Å². The molecular formula is C11H9N3O. The molecule has 0 unspecified atom stereocenters. The number of hydrogen-bond donors (Lipinski definition) is 1. The fourth-order valence-corrected chi connectivity index (χ4v) is 1.52. The summed E-state index contributed by atoms with van der Waals surface area (Å²) in [4.78, 5) is 13.2. The molecule has 0 aromatic heterocycles. The molecule has 1 aromatic carbocycles. The van der Waals surface area contributed by atoms with Gasteiger partial charge in [0.2, 0.25) is 0 Å². The summed E-state index contributed by atoms with van der Waals surface area (Å²) in [6.45, 7) is 0. The third-order valence-corrected chi connectivity index (χ3v) is 2.28. The quantitative estimate of drug-likeness (QED) is 0.508. The minimum Gasteiger partial charge on any atom is -0.349 e. The molecule has 1 aliphatic rings. The number of likely N-dealkylation sites (N-methyl/N-ethyl adjacent to an activating group) is 1. The molecule has 1 N–H and O–H groups in total. The number of hydrogen-bond acceptors (Lipinski definition) is 3. The van der Waals surface area contributed by atoms with Gasteiger partial charge in [-0.1, -0.05) is 12.1 Å². The summed E-state index contributed by atoms with van der Waals surface area (Å²) in [6, 6.07) is 9.30. The topological polar surface area (TPSA) is 56.1 Å². The maximum absolute atomic E-state index is 11.7. The molecule has 1 aliphatic heterocycles. The van der Waals surface area contributed by atoms with Crippen molar-refractivity contribution in [2.75, 3.05) is 17.3 Å². The number of nitrogens with zero attached hydrogens (tertiary/aromatic N) is 2. The predicted octanol–water partition coefficient (Wildman–Crippen LogP) is 1.48. The molecule has 74 valence electrons. The lowest BCUT2D eigenvalue weighted by molar-refractivity contribution is -0.114. The molecule has 1 aromatic rings. The number of nitriles is 1. The zero-order chi connectivity index (χ0) is 10.8. The van der Waals surface area contributed by atoms with Gasteiger partial charge in [0.05, 0.1) is 17.4 Å². The Kier molecular flexibility index (Phi) is 2.14. The van der Waals surface area contributed by atoms with E-state index in [1.54, 1.807) is 7.05 Å². The minimum absolute atomic E-state index is 0.199. The molecule has 2 rings (SSSR count). The Morgan fingerprint density at radius 2 is 2.20 bits per heavy atom. The molecular weight excluding hydrogens is 190 g/mol. The van der Waals surface area contributed by atoms with Gasteiger partial charge < -0.3 is 10.2 Å². The molecule has 4 nitrogen and oxygen atoms in total. The molecule has 0 fully saturated rings. The molecule has 0 radical (unpaired) electrons. The monoisotopic (exact) mass is 199 g/mol. The van der Waals surface area contributed by atoms with Crippen molar-refractivity contribution >= 4 is 17.3 Å². The van der Waals surface area contributed by atoms with Crippen molar-refractivity contribution in [1.29, 1.82) is 5.26 Å². The third kappa shape index (κ3) is 1.44. The number of fused-ring (bicyclic) bond motifs is 1. The lowest BCUT2D eigenvalue weighted by atomic mass is 10.1. The second-order valence-corrected chi connectivity index (χ2v) is 3.19. The summed E-state index contributed by atoms with van der Waals surface area (Å²) in [5.74, 6) is -0.199. The summed E-state index contributed by atoms with van der Waals surface area (Å²) in [5.41, 5.74) is 1.96. The van der Waals surface area contributed by atoms with Crippen LogP contribution in [-0.4, -0.2) is 13.0 Å². The van der Waals surface area contributed by atoms with E-state index in [1.807, 2.05) is 30.3 Å². The van der Waals surface area contributed by atoms with Crippen LogP contribution < -0.4 is 10.2 Å². The maximum Gasteiger partial charge on any atom is 0.275 e. The Morgan fingerprint density at radius 1 is 1.47 bits per heavy atom. The van der Waals surface area contributed by atoms with Gasteiger partial charge in [0.1, 0.15) is 5.70 Å². The van der Waals surface area contributed by atoms with E-state index in [1.165, 1.54) is 11.0 Å². The second kappa shape index (κ2) is 3.46. The van der Waals surface area contributed by atoms with Crippen LogP contribution in [0.4, 0.5) is 11.4 Å². The van der Waals surface area contributed by atoms with Crippen LogP contribution in [0.5, 0.6) is 0 Å². The average molecular weight is 199 g/mol. The molecule has 0 saturated carbocycles. The van der Waals surface area contributed by atoms with E-state index < -0.39 is 0 Å². The summed E-state index contributed by atoms with van der Waals surface area (Å²) in [7, 11) is 1.69. The van der Waals surface area contributed by atoms with Crippen molar-refractivity contribution < 1.29 is 4.79 Å². The van der Waals surface area contributed by atoms with Crippen molar-refractivity contribution in [3.63, 3.8) is 0 Å². The van der Waals surface area contributed by atoms with Gasteiger partial charge in [-0.05, 0) is 12.1 Å². The fraction of sp³-hybridized carbons (Fsp3) is 0.0909. The molecule has 4 heteroatoms. The number of rotatable bonds is 0. The van der Waals surface area contributed by atoms with Gasteiger partial charge in [-0.25, -0.2) is 0 Å². The van der Waals surface area contributed by atoms with Gasteiger partial charge in [-0.15, -0.1) is 0 Å². The zero-order valence-electron chi connectivity index (χ0n) is 8.19. The van der Waals surface area contributed by atoms with E-state index in [-0.39, 0.29) is 5.91 Å². The zero-order valence-corrected chi connectivity index (χ0v) is 8.19. The summed E-state index contributed by atoms with van der Waals surface area (Å²) in [5, 5.41) is 11.5. The lowest BCUT2D eigenvalue weighted by Crippen LogP contribution is -2.35. The summed E-state index contributed by atoms with van der Waals surface area (Å²) >= 11 is 0. The van der Waals surface area contributed by atoms with Gasteiger partial charge in [-0.3, -0.25) is 4.79 Å². The summed E-state index contributed by atoms with van der Waals surface area (Å²) < 4.78 is 0. The number of carbonyl (C=O) groups excluding carboxylic acids is 1. The minimum atomic E-state index is -0.199. The smallest absolute Gasteiger partial charge is 0.275 e. The largest absolute Gasteiger partial charge is 0.349 e. The van der Waals surface area contributed by atoms with Crippen molar-refractivity contribution in [2.24, 2.45) is 0 Å². The number of para-hydroxylation sites is 2. The second-order valence-electron chi connectivity index (χ2n) is 3.19. The molecule has 1 amide bonds. The standard InChI is InChI=1S/C11H9N3O/c1-14-10-5-3-2-4-8(10)13-9(6-7-12)11(14)15/h2-6,13H,1H3/b9-6-. The molecule has 0 spiro atoms. The first-order valence-corrected chi connectivity index (χ1v) is 4.48. The van der Waals surface area contributed by atoms with E-state index in [0.717, 1.165) is 11.4 Å². The first-order chi connectivity index (χ1) is 7.24. The average Bonchev–Trinajstić information content (AvgIpc) is 2.26. The first-order valence-electron chi connectivity index (χ1n) is 4.48. The highest BCUT2D eigenvalue weighted by atomic mass is 16.2. The Balaban J connectivity index is 2.51. The van der Waals surface area contributed by atoms with Crippen LogP contribution in [-0.2, 0) is 4.79 Å². The van der Waals surface area contributed by atoms with Gasteiger partial charge in [0, 0.05) is 13.1 Å². The number of anilines is 2. The van der Waals surface area contributed by atoms with E-state index in [0.29, 0.717) is 5.70 Å². The highest BCUT2D eigenvalue weighted by Gasteiger charge is 2.24.